The van der Waals surface area contributed by atoms with Crippen molar-refractivity contribution in [1.29, 1.82) is 0 Å². The summed E-state index contributed by atoms with van der Waals surface area (Å²) < 4.78 is 5.52. The highest BCUT2D eigenvalue weighted by atomic mass is 16.5. The average molecular weight is 317 g/mol. The zero-order chi connectivity index (χ0) is 16.2. The first-order valence-electron chi connectivity index (χ1n) is 9.05. The van der Waals surface area contributed by atoms with Crippen LogP contribution in [0.5, 0.6) is 5.75 Å². The second kappa shape index (κ2) is 7.54. The molecule has 0 aromatic heterocycles. The van der Waals surface area contributed by atoms with Crippen LogP contribution in [-0.4, -0.2) is 68.3 Å². The van der Waals surface area contributed by atoms with E-state index in [-0.39, 0.29) is 0 Å². The molecule has 128 valence electrons. The quantitative estimate of drug-likeness (QED) is 0.850. The van der Waals surface area contributed by atoms with Crippen molar-refractivity contribution >= 4 is 5.69 Å². The third-order valence-corrected chi connectivity index (χ3v) is 5.49. The van der Waals surface area contributed by atoms with Gasteiger partial charge in [-0.2, -0.15) is 0 Å². The molecule has 0 aliphatic carbocycles. The van der Waals surface area contributed by atoms with Crippen LogP contribution in [0.1, 0.15) is 26.7 Å². The maximum atomic E-state index is 5.52. The van der Waals surface area contributed by atoms with Gasteiger partial charge in [0.05, 0.1) is 12.8 Å². The molecule has 2 fully saturated rings. The molecule has 0 radical (unpaired) electrons. The number of hydrogen-bond acceptors (Lipinski definition) is 4. The van der Waals surface area contributed by atoms with Gasteiger partial charge in [-0.1, -0.05) is 12.1 Å². The highest BCUT2D eigenvalue weighted by Gasteiger charge is 2.28. The summed E-state index contributed by atoms with van der Waals surface area (Å²) in [7, 11) is 1.76. The molecule has 0 bridgehead atoms. The fourth-order valence-electron chi connectivity index (χ4n) is 3.99. The molecule has 0 N–H and O–H groups in total. The number of piperazine rings is 1. The fourth-order valence-corrected chi connectivity index (χ4v) is 3.99. The van der Waals surface area contributed by atoms with Gasteiger partial charge < -0.3 is 14.5 Å². The smallest absolute Gasteiger partial charge is 0.142 e. The van der Waals surface area contributed by atoms with Crippen molar-refractivity contribution in [3.05, 3.63) is 24.3 Å². The fraction of sp³-hybridized carbons (Fsp3) is 0.684. The van der Waals surface area contributed by atoms with Crippen LogP contribution in [0, 0.1) is 0 Å². The summed E-state index contributed by atoms with van der Waals surface area (Å²) in [5.74, 6) is 0.992. The number of rotatable bonds is 4. The van der Waals surface area contributed by atoms with E-state index in [0.717, 1.165) is 24.9 Å². The number of anilines is 1. The normalized spacial score (nSPS) is 21.8. The van der Waals surface area contributed by atoms with E-state index in [1.165, 1.54) is 44.7 Å². The molecule has 0 saturated carbocycles. The number of ether oxygens (including phenoxy) is 1. The van der Waals surface area contributed by atoms with E-state index in [1.807, 2.05) is 6.07 Å². The van der Waals surface area contributed by atoms with E-state index in [0.29, 0.717) is 6.04 Å². The summed E-state index contributed by atoms with van der Waals surface area (Å²) >= 11 is 0. The summed E-state index contributed by atoms with van der Waals surface area (Å²) in [4.78, 5) is 7.80. The first-order chi connectivity index (χ1) is 11.2. The number of nitrogens with zero attached hydrogens (tertiary/aromatic N) is 3. The van der Waals surface area contributed by atoms with Gasteiger partial charge in [0.2, 0.25) is 0 Å². The molecule has 0 spiro atoms. The molecule has 1 aromatic rings. The van der Waals surface area contributed by atoms with Gasteiger partial charge in [-0.05, 0) is 51.9 Å². The van der Waals surface area contributed by atoms with Crippen LogP contribution >= 0.6 is 0 Å². The summed E-state index contributed by atoms with van der Waals surface area (Å²) in [6.45, 7) is 11.7. The highest BCUT2D eigenvalue weighted by molar-refractivity contribution is 5.58. The zero-order valence-corrected chi connectivity index (χ0v) is 14.9. The molecule has 4 heteroatoms. The van der Waals surface area contributed by atoms with Crippen molar-refractivity contribution in [3.63, 3.8) is 0 Å². The molecule has 2 aliphatic heterocycles. The Morgan fingerprint density at radius 1 is 0.957 bits per heavy atom. The lowest BCUT2D eigenvalue weighted by Gasteiger charge is -2.44. The number of methoxy groups -OCH3 is 1. The Labute approximate surface area is 141 Å². The van der Waals surface area contributed by atoms with Gasteiger partial charge in [-0.15, -0.1) is 0 Å². The first kappa shape index (κ1) is 16.6. The standard InChI is InChI=1S/C19H31N3O/c1-16(2)20-10-8-17(9-11-20)21-12-14-22(15-13-21)18-6-4-5-7-19(18)23-3/h4-7,16-17H,8-15H2,1-3H3. The van der Waals surface area contributed by atoms with Gasteiger partial charge in [-0.25, -0.2) is 0 Å². The predicted molar refractivity (Wildman–Crippen MR) is 96.5 cm³/mol. The van der Waals surface area contributed by atoms with Crippen LogP contribution in [0.15, 0.2) is 24.3 Å². The van der Waals surface area contributed by atoms with Crippen molar-refractivity contribution < 1.29 is 4.74 Å². The van der Waals surface area contributed by atoms with Crippen LogP contribution < -0.4 is 9.64 Å². The number of benzene rings is 1. The molecule has 0 unspecified atom stereocenters. The minimum atomic E-state index is 0.693. The Bertz CT molecular complexity index is 489. The Kier molecular flexibility index (Phi) is 5.44. The van der Waals surface area contributed by atoms with Crippen LogP contribution in [0.4, 0.5) is 5.69 Å². The van der Waals surface area contributed by atoms with Crippen molar-refractivity contribution in [3.8, 4) is 5.75 Å². The van der Waals surface area contributed by atoms with E-state index in [2.05, 4.69) is 46.7 Å². The van der Waals surface area contributed by atoms with Gasteiger partial charge in [0, 0.05) is 38.3 Å². The Morgan fingerprint density at radius 3 is 2.22 bits per heavy atom. The van der Waals surface area contributed by atoms with Gasteiger partial charge in [0.1, 0.15) is 5.75 Å². The third kappa shape index (κ3) is 3.81. The maximum Gasteiger partial charge on any atom is 0.142 e. The lowest BCUT2D eigenvalue weighted by molar-refractivity contribution is 0.0882. The van der Waals surface area contributed by atoms with Crippen LogP contribution in [0.25, 0.3) is 0 Å². The van der Waals surface area contributed by atoms with E-state index < -0.39 is 0 Å². The number of piperidine rings is 1. The van der Waals surface area contributed by atoms with Crippen molar-refractivity contribution in [2.24, 2.45) is 0 Å². The molecular formula is C19H31N3O. The summed E-state index contributed by atoms with van der Waals surface area (Å²) in [5, 5.41) is 0. The largest absolute Gasteiger partial charge is 0.495 e. The monoisotopic (exact) mass is 317 g/mol. The molecular weight excluding hydrogens is 286 g/mol. The minimum absolute atomic E-state index is 0.693. The van der Waals surface area contributed by atoms with Crippen molar-refractivity contribution in [2.45, 2.75) is 38.8 Å². The van der Waals surface area contributed by atoms with E-state index >= 15 is 0 Å². The average Bonchev–Trinajstić information content (AvgIpc) is 2.62. The molecule has 23 heavy (non-hydrogen) atoms. The molecule has 1 aromatic carbocycles. The predicted octanol–water partition coefficient (Wildman–Crippen LogP) is 2.69. The van der Waals surface area contributed by atoms with Crippen LogP contribution in [-0.2, 0) is 0 Å². The molecule has 0 atom stereocenters. The molecule has 3 rings (SSSR count). The number of para-hydroxylation sites is 2. The lowest BCUT2D eigenvalue weighted by atomic mass is 10.0. The third-order valence-electron chi connectivity index (χ3n) is 5.49. The van der Waals surface area contributed by atoms with Crippen LogP contribution in [0.2, 0.25) is 0 Å². The minimum Gasteiger partial charge on any atom is -0.495 e. The second-order valence-corrected chi connectivity index (χ2v) is 7.06. The summed E-state index contributed by atoms with van der Waals surface area (Å²) in [6.07, 6.45) is 2.65. The van der Waals surface area contributed by atoms with Gasteiger partial charge >= 0.3 is 0 Å². The zero-order valence-electron chi connectivity index (χ0n) is 14.9. The van der Waals surface area contributed by atoms with Gasteiger partial charge in [0.25, 0.3) is 0 Å². The molecule has 0 amide bonds. The summed E-state index contributed by atoms with van der Waals surface area (Å²) in [5.41, 5.74) is 1.24. The topological polar surface area (TPSA) is 19.0 Å². The van der Waals surface area contributed by atoms with E-state index in [4.69, 9.17) is 4.74 Å². The second-order valence-electron chi connectivity index (χ2n) is 7.06. The SMILES string of the molecule is COc1ccccc1N1CCN(C2CCN(C(C)C)CC2)CC1. The Balaban J connectivity index is 1.53. The first-order valence-corrected chi connectivity index (χ1v) is 9.05. The van der Waals surface area contributed by atoms with Crippen molar-refractivity contribution in [2.75, 3.05) is 51.3 Å². The molecule has 2 heterocycles. The maximum absolute atomic E-state index is 5.52. The van der Waals surface area contributed by atoms with Gasteiger partial charge in [0.15, 0.2) is 0 Å². The van der Waals surface area contributed by atoms with E-state index in [1.54, 1.807) is 7.11 Å². The van der Waals surface area contributed by atoms with Gasteiger partial charge in [-0.3, -0.25) is 4.90 Å². The van der Waals surface area contributed by atoms with E-state index in [9.17, 15) is 0 Å². The molecule has 2 aliphatic rings. The Morgan fingerprint density at radius 2 is 1.61 bits per heavy atom. The molecule has 4 nitrogen and oxygen atoms in total. The summed E-state index contributed by atoms with van der Waals surface area (Å²) in [6, 6.07) is 9.86. The van der Waals surface area contributed by atoms with Crippen molar-refractivity contribution in [1.82, 2.24) is 9.80 Å². The highest BCUT2D eigenvalue weighted by Crippen LogP contribution is 2.29. The lowest BCUT2D eigenvalue weighted by Crippen LogP contribution is -2.53. The van der Waals surface area contributed by atoms with Crippen LogP contribution in [0.3, 0.4) is 0 Å². The molecule has 2 saturated heterocycles. The Hall–Kier alpha value is -1.26. The number of likely N-dealkylation sites (tertiary alicyclic amines) is 1. The number of hydrogen-bond donors (Lipinski definition) is 0.